The van der Waals surface area contributed by atoms with E-state index in [0.717, 1.165) is 6.08 Å². The van der Waals surface area contributed by atoms with Crippen molar-refractivity contribution in [1.29, 1.82) is 0 Å². The van der Waals surface area contributed by atoms with Crippen molar-refractivity contribution in [2.24, 2.45) is 0 Å². The normalized spacial score (nSPS) is 11.0. The van der Waals surface area contributed by atoms with Gasteiger partial charge in [-0.3, -0.25) is 0 Å². The van der Waals surface area contributed by atoms with Crippen molar-refractivity contribution in [2.75, 3.05) is 0 Å². The van der Waals surface area contributed by atoms with E-state index in [1.165, 1.54) is 6.08 Å². The third-order valence-corrected chi connectivity index (χ3v) is 0.765. The van der Waals surface area contributed by atoms with E-state index < -0.39 is 5.97 Å². The van der Waals surface area contributed by atoms with Gasteiger partial charge in [0.15, 0.2) is 0 Å². The maximum atomic E-state index is 9.89. The van der Waals surface area contributed by atoms with Gasteiger partial charge in [-0.15, -0.1) is 0 Å². The predicted octanol–water partition coefficient (Wildman–Crippen LogP) is 1.38. The Morgan fingerprint density at radius 1 is 1.18 bits per heavy atom. The standard InChI is InChI=1S/C8H10O2.K/c1-2-3-4-5-6-7-8(9)10;/h2-7H,1H3,(H,9,10);/b3-2+,5-4+,7-6+;. The average molecular weight is 177 g/mol. The van der Waals surface area contributed by atoms with Crippen LogP contribution in [0.15, 0.2) is 36.5 Å². The number of carbonyl (C=O) groups is 1. The van der Waals surface area contributed by atoms with Gasteiger partial charge in [0.05, 0.1) is 0 Å². The summed E-state index contributed by atoms with van der Waals surface area (Å²) in [7, 11) is 0. The second kappa shape index (κ2) is 10.3. The molecule has 0 rings (SSSR count). The molecule has 0 aliphatic heterocycles. The molecule has 2 nitrogen and oxygen atoms in total. The van der Waals surface area contributed by atoms with Crippen LogP contribution in [0.25, 0.3) is 0 Å². The molecule has 1 N–H and O–H groups in total. The summed E-state index contributed by atoms with van der Waals surface area (Å²) in [6, 6.07) is 0. The number of hydrogen-bond donors (Lipinski definition) is 1. The molecule has 0 atom stereocenters. The molecule has 55 valence electrons. The molecular formula is C8H10KO2. The summed E-state index contributed by atoms with van der Waals surface area (Å²) in [6.07, 6.45) is 9.67. The first-order chi connectivity index (χ1) is 4.77. The van der Waals surface area contributed by atoms with Gasteiger partial charge in [-0.05, 0) is 6.92 Å². The summed E-state index contributed by atoms with van der Waals surface area (Å²) in [4.78, 5) is 9.89. The number of carboxylic acid groups (broad SMARTS) is 1. The number of hydrogen-bond acceptors (Lipinski definition) is 1. The zero-order valence-corrected chi connectivity index (χ0v) is 9.94. The maximum absolute atomic E-state index is 9.89. The minimum absolute atomic E-state index is 0. The van der Waals surface area contributed by atoms with Gasteiger partial charge in [0.2, 0.25) is 0 Å². The third kappa shape index (κ3) is 13.3. The number of rotatable bonds is 3. The van der Waals surface area contributed by atoms with Crippen LogP contribution in [-0.2, 0) is 4.79 Å². The molecule has 3 heteroatoms. The Hall–Kier alpha value is 0.326. The molecule has 0 aliphatic carbocycles. The molecular weight excluding hydrogens is 167 g/mol. The van der Waals surface area contributed by atoms with Crippen LogP contribution in [0.5, 0.6) is 0 Å². The number of carboxylic acids is 1. The van der Waals surface area contributed by atoms with Crippen molar-refractivity contribution in [3.05, 3.63) is 36.5 Å². The molecule has 0 aromatic rings. The minimum Gasteiger partial charge on any atom is -0.478 e. The second-order valence-corrected chi connectivity index (χ2v) is 1.61. The van der Waals surface area contributed by atoms with Gasteiger partial charge in [0.1, 0.15) is 0 Å². The number of allylic oxidation sites excluding steroid dienone is 5. The van der Waals surface area contributed by atoms with Gasteiger partial charge in [-0.1, -0.05) is 30.4 Å². The van der Waals surface area contributed by atoms with Crippen molar-refractivity contribution < 1.29 is 9.90 Å². The van der Waals surface area contributed by atoms with E-state index in [1.807, 2.05) is 19.1 Å². The fraction of sp³-hybridized carbons (Fsp3) is 0.125. The molecule has 0 aliphatic rings. The smallest absolute Gasteiger partial charge is 0.328 e. The summed E-state index contributed by atoms with van der Waals surface area (Å²) in [5.41, 5.74) is 0. The van der Waals surface area contributed by atoms with Crippen molar-refractivity contribution in [2.45, 2.75) is 6.92 Å². The summed E-state index contributed by atoms with van der Waals surface area (Å²) in [5, 5.41) is 8.13. The molecule has 0 spiro atoms. The topological polar surface area (TPSA) is 37.3 Å². The van der Waals surface area contributed by atoms with Crippen LogP contribution in [0, 0.1) is 0 Å². The van der Waals surface area contributed by atoms with Gasteiger partial charge in [0, 0.05) is 57.5 Å². The molecule has 0 aromatic heterocycles. The van der Waals surface area contributed by atoms with Crippen molar-refractivity contribution in [3.8, 4) is 0 Å². The van der Waals surface area contributed by atoms with E-state index in [-0.39, 0.29) is 51.4 Å². The first-order valence-corrected chi connectivity index (χ1v) is 2.96. The molecule has 0 bridgehead atoms. The van der Waals surface area contributed by atoms with Gasteiger partial charge >= 0.3 is 5.97 Å². The Morgan fingerprint density at radius 2 is 1.73 bits per heavy atom. The first kappa shape index (κ1) is 13.9. The molecule has 1 radical (unpaired) electrons. The van der Waals surface area contributed by atoms with Crippen molar-refractivity contribution in [1.82, 2.24) is 0 Å². The third-order valence-electron chi connectivity index (χ3n) is 0.765. The molecule has 0 heterocycles. The summed E-state index contributed by atoms with van der Waals surface area (Å²) in [5.74, 6) is -0.926. The zero-order chi connectivity index (χ0) is 7.82. The average Bonchev–Trinajstić information content (AvgIpc) is 1.87. The fourth-order valence-corrected chi connectivity index (χ4v) is 0.377. The van der Waals surface area contributed by atoms with E-state index in [2.05, 4.69) is 0 Å². The molecule has 11 heavy (non-hydrogen) atoms. The molecule has 0 saturated heterocycles. The van der Waals surface area contributed by atoms with E-state index in [1.54, 1.807) is 12.2 Å². The Kier molecular flexibility index (Phi) is 13.0. The van der Waals surface area contributed by atoms with Gasteiger partial charge in [-0.2, -0.15) is 0 Å². The van der Waals surface area contributed by atoms with Crippen LogP contribution in [0.3, 0.4) is 0 Å². The van der Waals surface area contributed by atoms with Crippen LogP contribution in [0.1, 0.15) is 6.92 Å². The molecule has 0 aromatic carbocycles. The maximum Gasteiger partial charge on any atom is 0.328 e. The monoisotopic (exact) mass is 177 g/mol. The Morgan fingerprint density at radius 3 is 2.18 bits per heavy atom. The summed E-state index contributed by atoms with van der Waals surface area (Å²) >= 11 is 0. The van der Waals surface area contributed by atoms with Crippen LogP contribution in [-0.4, -0.2) is 62.5 Å². The Labute approximate surface area is 109 Å². The largest absolute Gasteiger partial charge is 0.478 e. The predicted molar refractivity (Wildman–Crippen MR) is 46.5 cm³/mol. The van der Waals surface area contributed by atoms with Gasteiger partial charge in [0.25, 0.3) is 0 Å². The van der Waals surface area contributed by atoms with Crippen molar-refractivity contribution >= 4 is 57.4 Å². The van der Waals surface area contributed by atoms with Crippen LogP contribution in [0.2, 0.25) is 0 Å². The van der Waals surface area contributed by atoms with E-state index in [4.69, 9.17) is 5.11 Å². The van der Waals surface area contributed by atoms with E-state index in [0.29, 0.717) is 0 Å². The number of aliphatic carboxylic acids is 1. The molecule has 0 fully saturated rings. The Bertz CT molecular complexity index is 181. The molecule has 0 amide bonds. The molecule has 0 unspecified atom stereocenters. The van der Waals surface area contributed by atoms with E-state index in [9.17, 15) is 4.79 Å². The summed E-state index contributed by atoms with van der Waals surface area (Å²) < 4.78 is 0. The van der Waals surface area contributed by atoms with Gasteiger partial charge < -0.3 is 5.11 Å². The van der Waals surface area contributed by atoms with Crippen molar-refractivity contribution in [3.63, 3.8) is 0 Å². The minimum atomic E-state index is -0.926. The summed E-state index contributed by atoms with van der Waals surface area (Å²) in [6.45, 7) is 1.89. The quantitative estimate of drug-likeness (QED) is 0.402. The second-order valence-electron chi connectivity index (χ2n) is 1.61. The van der Waals surface area contributed by atoms with Gasteiger partial charge in [-0.25, -0.2) is 4.79 Å². The van der Waals surface area contributed by atoms with Crippen LogP contribution in [0.4, 0.5) is 0 Å². The Balaban J connectivity index is 0. The first-order valence-electron chi connectivity index (χ1n) is 2.96. The van der Waals surface area contributed by atoms with Crippen LogP contribution < -0.4 is 0 Å². The fourth-order valence-electron chi connectivity index (χ4n) is 0.377. The zero-order valence-electron chi connectivity index (χ0n) is 6.82. The van der Waals surface area contributed by atoms with E-state index >= 15 is 0 Å². The van der Waals surface area contributed by atoms with Crippen LogP contribution >= 0.6 is 0 Å². The molecule has 0 saturated carbocycles. The SMILES string of the molecule is C/C=C/C=C/C=C/C(=O)O.[K].